The van der Waals surface area contributed by atoms with E-state index in [9.17, 15) is 14.4 Å². The zero-order valence-corrected chi connectivity index (χ0v) is 19.7. The van der Waals surface area contributed by atoms with Crippen molar-refractivity contribution in [2.75, 3.05) is 40.9 Å². The van der Waals surface area contributed by atoms with Crippen molar-refractivity contribution in [2.24, 2.45) is 0 Å². The Morgan fingerprint density at radius 3 is 2.41 bits per heavy atom. The molecule has 0 aromatic heterocycles. The van der Waals surface area contributed by atoms with E-state index in [4.69, 9.17) is 9.47 Å². The molecule has 2 saturated heterocycles. The van der Waals surface area contributed by atoms with Crippen LogP contribution in [0.1, 0.15) is 11.1 Å². The Morgan fingerprint density at radius 2 is 1.74 bits per heavy atom. The van der Waals surface area contributed by atoms with Gasteiger partial charge in [-0.3, -0.25) is 19.4 Å². The van der Waals surface area contributed by atoms with E-state index in [1.54, 1.807) is 36.1 Å². The van der Waals surface area contributed by atoms with Gasteiger partial charge < -0.3 is 19.3 Å². The van der Waals surface area contributed by atoms with Crippen molar-refractivity contribution in [3.05, 3.63) is 59.7 Å². The number of rotatable bonds is 8. The van der Waals surface area contributed by atoms with Crippen LogP contribution in [0.25, 0.3) is 0 Å². The van der Waals surface area contributed by atoms with Gasteiger partial charge in [-0.05, 0) is 29.7 Å². The van der Waals surface area contributed by atoms with E-state index in [0.717, 1.165) is 17.5 Å². The first kappa shape index (κ1) is 23.6. The average Bonchev–Trinajstić information content (AvgIpc) is 2.85. The Bertz CT molecular complexity index is 1050. The van der Waals surface area contributed by atoms with Crippen LogP contribution in [0.3, 0.4) is 0 Å². The summed E-state index contributed by atoms with van der Waals surface area (Å²) in [6.07, 6.45) is 1.18. The van der Waals surface area contributed by atoms with Crippen molar-refractivity contribution in [2.45, 2.75) is 25.0 Å². The lowest BCUT2D eigenvalue weighted by Gasteiger charge is -2.53. The molecule has 34 heavy (non-hydrogen) atoms. The van der Waals surface area contributed by atoms with Gasteiger partial charge in [0.2, 0.25) is 18.2 Å². The molecule has 0 aliphatic carbocycles. The van der Waals surface area contributed by atoms with Crippen molar-refractivity contribution in [1.29, 1.82) is 0 Å². The molecule has 9 nitrogen and oxygen atoms in total. The van der Waals surface area contributed by atoms with Gasteiger partial charge in [0, 0.05) is 20.0 Å². The zero-order chi connectivity index (χ0) is 24.2. The largest absolute Gasteiger partial charge is 0.493 e. The van der Waals surface area contributed by atoms with Gasteiger partial charge in [-0.2, -0.15) is 0 Å². The van der Waals surface area contributed by atoms with E-state index >= 15 is 0 Å². The number of ether oxygens (including phenoxy) is 2. The fraction of sp³-hybridized carbons (Fsp3) is 0.400. The number of hydrogen-bond acceptors (Lipinski definition) is 6. The number of amides is 3. The van der Waals surface area contributed by atoms with Crippen molar-refractivity contribution in [3.63, 3.8) is 0 Å². The van der Waals surface area contributed by atoms with Crippen LogP contribution in [0.15, 0.2) is 48.5 Å². The minimum atomic E-state index is -0.671. The number of benzene rings is 2. The summed E-state index contributed by atoms with van der Waals surface area (Å²) < 4.78 is 10.7. The van der Waals surface area contributed by atoms with Crippen LogP contribution in [0.2, 0.25) is 0 Å². The molecule has 2 aliphatic rings. The molecule has 0 saturated carbocycles. The molecule has 2 aromatic rings. The SMILES string of the molecule is COc1ccc(CCN2CC3N(C(=O)CN(C)N3C=O)[C@@H](Cc3ccccc3)C2=O)cc1OC. The van der Waals surface area contributed by atoms with E-state index in [-0.39, 0.29) is 24.9 Å². The van der Waals surface area contributed by atoms with Crippen LogP contribution in [0, 0.1) is 0 Å². The first-order valence-corrected chi connectivity index (χ1v) is 11.3. The molecule has 4 rings (SSSR count). The maximum absolute atomic E-state index is 13.6. The molecule has 0 bridgehead atoms. The number of nitrogens with zero attached hydrogens (tertiary/aromatic N) is 4. The fourth-order valence-corrected chi connectivity index (χ4v) is 4.73. The van der Waals surface area contributed by atoms with Gasteiger partial charge in [0.15, 0.2) is 11.5 Å². The third-order valence-electron chi connectivity index (χ3n) is 6.49. The molecular formula is C25H30N4O5. The van der Waals surface area contributed by atoms with Crippen molar-refractivity contribution >= 4 is 18.2 Å². The van der Waals surface area contributed by atoms with Gasteiger partial charge in [0.05, 0.1) is 27.3 Å². The minimum Gasteiger partial charge on any atom is -0.493 e. The lowest BCUT2D eigenvalue weighted by Crippen LogP contribution is -2.74. The summed E-state index contributed by atoms with van der Waals surface area (Å²) in [5.41, 5.74) is 1.96. The van der Waals surface area contributed by atoms with Crippen LogP contribution in [0.5, 0.6) is 11.5 Å². The molecule has 3 amide bonds. The summed E-state index contributed by atoms with van der Waals surface area (Å²) in [7, 11) is 4.88. The second-order valence-corrected chi connectivity index (χ2v) is 8.51. The van der Waals surface area contributed by atoms with Gasteiger partial charge in [-0.1, -0.05) is 36.4 Å². The first-order chi connectivity index (χ1) is 16.5. The predicted octanol–water partition coefficient (Wildman–Crippen LogP) is 1.17. The van der Waals surface area contributed by atoms with Crippen LogP contribution >= 0.6 is 0 Å². The highest BCUT2D eigenvalue weighted by atomic mass is 16.5. The second-order valence-electron chi connectivity index (χ2n) is 8.51. The van der Waals surface area contributed by atoms with E-state index in [0.29, 0.717) is 30.9 Å². The number of hydrogen-bond donors (Lipinski definition) is 0. The summed E-state index contributed by atoms with van der Waals surface area (Å²) in [5, 5.41) is 3.12. The number of fused-ring (bicyclic) bond motifs is 1. The minimum absolute atomic E-state index is 0.0550. The number of methoxy groups -OCH3 is 2. The lowest BCUT2D eigenvalue weighted by molar-refractivity contribution is -0.196. The molecule has 2 aromatic carbocycles. The van der Waals surface area contributed by atoms with Crippen molar-refractivity contribution in [3.8, 4) is 11.5 Å². The third kappa shape index (κ3) is 4.56. The predicted molar refractivity (Wildman–Crippen MR) is 125 cm³/mol. The van der Waals surface area contributed by atoms with Gasteiger partial charge in [0.1, 0.15) is 12.2 Å². The maximum atomic E-state index is 13.6. The smallest absolute Gasteiger partial charge is 0.245 e. The first-order valence-electron chi connectivity index (χ1n) is 11.3. The van der Waals surface area contributed by atoms with Gasteiger partial charge >= 0.3 is 0 Å². The second kappa shape index (κ2) is 10.1. The normalized spacial score (nSPS) is 20.9. The molecule has 1 unspecified atom stereocenters. The summed E-state index contributed by atoms with van der Waals surface area (Å²) >= 11 is 0. The number of piperazine rings is 1. The Kier molecular flexibility index (Phi) is 7.02. The Hall–Kier alpha value is -3.59. The molecular weight excluding hydrogens is 436 g/mol. The van der Waals surface area contributed by atoms with E-state index in [2.05, 4.69) is 0 Å². The van der Waals surface area contributed by atoms with E-state index < -0.39 is 12.2 Å². The highest BCUT2D eigenvalue weighted by molar-refractivity contribution is 5.91. The molecule has 0 radical (unpaired) electrons. The highest BCUT2D eigenvalue weighted by Gasteiger charge is 2.48. The molecule has 2 atom stereocenters. The summed E-state index contributed by atoms with van der Waals surface area (Å²) in [6, 6.07) is 14.7. The Labute approximate surface area is 199 Å². The highest BCUT2D eigenvalue weighted by Crippen LogP contribution is 2.29. The molecule has 0 spiro atoms. The lowest BCUT2D eigenvalue weighted by atomic mass is 9.98. The number of carbonyl (C=O) groups is 3. The zero-order valence-electron chi connectivity index (χ0n) is 19.7. The maximum Gasteiger partial charge on any atom is 0.245 e. The quantitative estimate of drug-likeness (QED) is 0.544. The fourth-order valence-electron chi connectivity index (χ4n) is 4.73. The van der Waals surface area contributed by atoms with Gasteiger partial charge in [0.25, 0.3) is 0 Å². The summed E-state index contributed by atoms with van der Waals surface area (Å²) in [6.45, 7) is 0.764. The van der Waals surface area contributed by atoms with E-state index in [1.165, 1.54) is 5.01 Å². The number of hydrazine groups is 1. The van der Waals surface area contributed by atoms with Gasteiger partial charge in [-0.25, -0.2) is 5.01 Å². The van der Waals surface area contributed by atoms with Crippen LogP contribution in [0.4, 0.5) is 0 Å². The summed E-state index contributed by atoms with van der Waals surface area (Å²) in [4.78, 5) is 41.9. The van der Waals surface area contributed by atoms with Crippen LogP contribution in [-0.4, -0.2) is 91.2 Å². The Balaban J connectivity index is 1.59. The Morgan fingerprint density at radius 1 is 1.00 bits per heavy atom. The number of carbonyl (C=O) groups excluding carboxylic acids is 3. The van der Waals surface area contributed by atoms with Crippen molar-refractivity contribution < 1.29 is 23.9 Å². The molecule has 2 fully saturated rings. The molecule has 180 valence electrons. The van der Waals surface area contributed by atoms with Gasteiger partial charge in [-0.15, -0.1) is 0 Å². The standard InChI is InChI=1S/C25H30N4O5/c1-26-16-24(31)29-20(13-18-7-5-4-6-8-18)25(32)27(15-23(29)28(26)17-30)12-11-19-9-10-21(33-2)22(14-19)34-3/h4-10,14,17,20,23H,11-13,15-16H2,1-3H3/t20-,23?/m0/s1. The van der Waals surface area contributed by atoms with Crippen molar-refractivity contribution in [1.82, 2.24) is 19.8 Å². The van der Waals surface area contributed by atoms with Crippen LogP contribution in [-0.2, 0) is 27.2 Å². The number of likely N-dealkylation sites (N-methyl/N-ethyl adjacent to an activating group) is 1. The van der Waals surface area contributed by atoms with E-state index in [1.807, 2.05) is 48.5 Å². The third-order valence-corrected chi connectivity index (χ3v) is 6.49. The topological polar surface area (TPSA) is 82.6 Å². The van der Waals surface area contributed by atoms with Crippen LogP contribution < -0.4 is 9.47 Å². The average molecular weight is 467 g/mol. The molecule has 2 heterocycles. The monoisotopic (exact) mass is 466 g/mol. The molecule has 2 aliphatic heterocycles. The summed E-state index contributed by atoms with van der Waals surface area (Å²) in [5.74, 6) is 1.01. The molecule has 0 N–H and O–H groups in total. The molecule has 9 heteroatoms.